The molecule has 0 saturated heterocycles. The average Bonchev–Trinajstić information content (AvgIpc) is 2.44. The minimum atomic E-state index is -0.640. The number of carbonyl (C=O) groups is 1. The molecule has 1 amide bonds. The van der Waals surface area contributed by atoms with Gasteiger partial charge in [-0.05, 0) is 19.1 Å². The van der Waals surface area contributed by atoms with Gasteiger partial charge < -0.3 is 20.1 Å². The monoisotopic (exact) mass is 280 g/mol. The molecule has 1 aromatic carbocycles. The summed E-state index contributed by atoms with van der Waals surface area (Å²) in [7, 11) is 5.11. The van der Waals surface area contributed by atoms with Crippen molar-refractivity contribution in [2.75, 3.05) is 32.6 Å². The molecule has 0 aliphatic carbocycles. The summed E-state index contributed by atoms with van der Waals surface area (Å²) in [6.45, 7) is 4.14. The average molecular weight is 280 g/mol. The highest BCUT2D eigenvalue weighted by Gasteiger charge is 2.20. The van der Waals surface area contributed by atoms with Gasteiger partial charge in [-0.1, -0.05) is 13.0 Å². The van der Waals surface area contributed by atoms with Crippen molar-refractivity contribution in [2.24, 2.45) is 5.92 Å². The number of ether oxygens (including phenoxy) is 1. The molecule has 0 aliphatic heterocycles. The van der Waals surface area contributed by atoms with Gasteiger partial charge in [0.25, 0.3) is 0 Å². The van der Waals surface area contributed by atoms with Crippen LogP contribution in [-0.2, 0) is 4.79 Å². The van der Waals surface area contributed by atoms with Crippen molar-refractivity contribution in [3.63, 3.8) is 0 Å². The molecular weight excluding hydrogens is 256 g/mol. The number of nitrogens with zero attached hydrogens (tertiary/aromatic N) is 1. The van der Waals surface area contributed by atoms with E-state index in [1.807, 2.05) is 37.1 Å². The molecule has 1 rings (SSSR count). The highest BCUT2D eigenvalue weighted by Crippen LogP contribution is 2.34. The molecule has 1 unspecified atom stereocenters. The Labute approximate surface area is 120 Å². The van der Waals surface area contributed by atoms with Gasteiger partial charge in [-0.2, -0.15) is 0 Å². The number of carbonyl (C=O) groups excluding carboxylic acids is 1. The third kappa shape index (κ3) is 3.63. The molecule has 0 aromatic heterocycles. The number of methoxy groups -OCH3 is 1. The van der Waals surface area contributed by atoms with E-state index < -0.39 is 6.10 Å². The van der Waals surface area contributed by atoms with Crippen molar-refractivity contribution >= 4 is 11.6 Å². The number of benzene rings is 1. The van der Waals surface area contributed by atoms with Crippen molar-refractivity contribution < 1.29 is 14.6 Å². The summed E-state index contributed by atoms with van der Waals surface area (Å²) in [5.41, 5.74) is 1.61. The molecule has 0 aliphatic rings. The zero-order chi connectivity index (χ0) is 15.3. The Kier molecular flexibility index (Phi) is 5.82. The van der Waals surface area contributed by atoms with Gasteiger partial charge in [0, 0.05) is 31.9 Å². The highest BCUT2D eigenvalue weighted by molar-refractivity contribution is 5.78. The SMILES string of the molecule is CNC(=O)C(C)CN(C)c1cccc(OC)c1[C@H](C)O. The number of aliphatic hydroxyl groups is 1. The molecule has 20 heavy (non-hydrogen) atoms. The van der Waals surface area contributed by atoms with Gasteiger partial charge in [0.1, 0.15) is 5.75 Å². The lowest BCUT2D eigenvalue weighted by molar-refractivity contribution is -0.123. The Balaban J connectivity index is 3.03. The molecule has 2 atom stereocenters. The summed E-state index contributed by atoms with van der Waals surface area (Å²) in [6, 6.07) is 5.61. The summed E-state index contributed by atoms with van der Waals surface area (Å²) in [4.78, 5) is 13.6. The van der Waals surface area contributed by atoms with Crippen LogP contribution in [0.4, 0.5) is 5.69 Å². The van der Waals surface area contributed by atoms with Gasteiger partial charge in [-0.25, -0.2) is 0 Å². The van der Waals surface area contributed by atoms with Crippen LogP contribution in [0, 0.1) is 5.92 Å². The van der Waals surface area contributed by atoms with Gasteiger partial charge in [0.15, 0.2) is 0 Å². The van der Waals surface area contributed by atoms with Crippen molar-refractivity contribution in [3.05, 3.63) is 23.8 Å². The standard InChI is InChI=1S/C15H24N2O3/c1-10(15(19)16-3)9-17(4)12-7-6-8-13(20-5)14(12)11(2)18/h6-8,10-11,18H,9H2,1-5H3,(H,16,19)/t10?,11-/m0/s1. The van der Waals surface area contributed by atoms with Crippen LogP contribution in [0.5, 0.6) is 5.75 Å². The van der Waals surface area contributed by atoms with Crippen LogP contribution in [0.1, 0.15) is 25.5 Å². The fourth-order valence-electron chi connectivity index (χ4n) is 2.30. The first-order valence-corrected chi connectivity index (χ1v) is 6.70. The van der Waals surface area contributed by atoms with Crippen LogP contribution in [0.25, 0.3) is 0 Å². The predicted molar refractivity (Wildman–Crippen MR) is 80.1 cm³/mol. The van der Waals surface area contributed by atoms with Gasteiger partial charge >= 0.3 is 0 Å². The van der Waals surface area contributed by atoms with Crippen LogP contribution in [-0.4, -0.2) is 38.8 Å². The lowest BCUT2D eigenvalue weighted by Gasteiger charge is -2.27. The number of amides is 1. The summed E-state index contributed by atoms with van der Waals surface area (Å²) in [6.07, 6.45) is -0.640. The fourth-order valence-corrected chi connectivity index (χ4v) is 2.30. The zero-order valence-corrected chi connectivity index (χ0v) is 12.8. The van der Waals surface area contributed by atoms with Crippen molar-refractivity contribution in [1.82, 2.24) is 5.32 Å². The Morgan fingerprint density at radius 1 is 1.45 bits per heavy atom. The van der Waals surface area contributed by atoms with Gasteiger partial charge in [0.2, 0.25) is 5.91 Å². The molecule has 0 radical (unpaired) electrons. The third-order valence-electron chi connectivity index (χ3n) is 3.33. The maximum absolute atomic E-state index is 11.6. The smallest absolute Gasteiger partial charge is 0.224 e. The second kappa shape index (κ2) is 7.14. The van der Waals surface area contributed by atoms with E-state index in [0.29, 0.717) is 12.3 Å². The Morgan fingerprint density at radius 3 is 2.60 bits per heavy atom. The van der Waals surface area contributed by atoms with E-state index in [-0.39, 0.29) is 11.8 Å². The second-order valence-corrected chi connectivity index (χ2v) is 4.96. The maximum Gasteiger partial charge on any atom is 0.224 e. The van der Waals surface area contributed by atoms with E-state index in [1.54, 1.807) is 21.1 Å². The van der Waals surface area contributed by atoms with Crippen LogP contribution in [0.2, 0.25) is 0 Å². The molecule has 0 spiro atoms. The topological polar surface area (TPSA) is 61.8 Å². The van der Waals surface area contributed by atoms with Crippen molar-refractivity contribution in [2.45, 2.75) is 20.0 Å². The first-order chi connectivity index (χ1) is 9.42. The first kappa shape index (κ1) is 16.3. The number of anilines is 1. The second-order valence-electron chi connectivity index (χ2n) is 4.96. The van der Waals surface area contributed by atoms with Gasteiger partial charge in [-0.15, -0.1) is 0 Å². The van der Waals surface area contributed by atoms with E-state index in [4.69, 9.17) is 4.74 Å². The van der Waals surface area contributed by atoms with Crippen LogP contribution >= 0.6 is 0 Å². The molecule has 1 aromatic rings. The largest absolute Gasteiger partial charge is 0.496 e. The summed E-state index contributed by atoms with van der Waals surface area (Å²) < 4.78 is 5.31. The zero-order valence-electron chi connectivity index (χ0n) is 12.8. The molecule has 2 N–H and O–H groups in total. The minimum absolute atomic E-state index is 0.00153. The Hall–Kier alpha value is -1.75. The van der Waals surface area contributed by atoms with E-state index in [9.17, 15) is 9.90 Å². The van der Waals surface area contributed by atoms with Crippen LogP contribution < -0.4 is 15.0 Å². The van der Waals surface area contributed by atoms with E-state index in [0.717, 1.165) is 11.3 Å². The number of hydrogen-bond acceptors (Lipinski definition) is 4. The maximum atomic E-state index is 11.6. The molecule has 5 heteroatoms. The van der Waals surface area contributed by atoms with Gasteiger partial charge in [0.05, 0.1) is 19.1 Å². The molecule has 112 valence electrons. The van der Waals surface area contributed by atoms with E-state index >= 15 is 0 Å². The first-order valence-electron chi connectivity index (χ1n) is 6.70. The summed E-state index contributed by atoms with van der Waals surface area (Å²) in [5, 5.41) is 12.6. The molecule has 0 saturated carbocycles. The molecule has 0 fully saturated rings. The molecule has 0 heterocycles. The molecule has 5 nitrogen and oxygen atoms in total. The Bertz CT molecular complexity index is 460. The summed E-state index contributed by atoms with van der Waals surface area (Å²) >= 11 is 0. The predicted octanol–water partition coefficient (Wildman–Crippen LogP) is 1.57. The number of rotatable bonds is 6. The van der Waals surface area contributed by atoms with E-state index in [1.165, 1.54) is 0 Å². The van der Waals surface area contributed by atoms with Crippen LogP contribution in [0.15, 0.2) is 18.2 Å². The fraction of sp³-hybridized carbons (Fsp3) is 0.533. The third-order valence-corrected chi connectivity index (χ3v) is 3.33. The lowest BCUT2D eigenvalue weighted by Crippen LogP contribution is -2.34. The summed E-state index contributed by atoms with van der Waals surface area (Å²) in [5.74, 6) is 0.508. The van der Waals surface area contributed by atoms with E-state index in [2.05, 4.69) is 5.32 Å². The number of aliphatic hydroxyl groups excluding tert-OH is 1. The molecule has 0 bridgehead atoms. The van der Waals surface area contributed by atoms with Crippen molar-refractivity contribution in [1.29, 1.82) is 0 Å². The van der Waals surface area contributed by atoms with Gasteiger partial charge in [-0.3, -0.25) is 4.79 Å². The number of nitrogens with one attached hydrogen (secondary N) is 1. The van der Waals surface area contributed by atoms with Crippen LogP contribution in [0.3, 0.4) is 0 Å². The minimum Gasteiger partial charge on any atom is -0.496 e. The highest BCUT2D eigenvalue weighted by atomic mass is 16.5. The quantitative estimate of drug-likeness (QED) is 0.830. The number of hydrogen-bond donors (Lipinski definition) is 2. The lowest BCUT2D eigenvalue weighted by atomic mass is 10.0. The normalized spacial score (nSPS) is 13.5. The molecular formula is C15H24N2O3. The van der Waals surface area contributed by atoms with Crippen molar-refractivity contribution in [3.8, 4) is 5.75 Å². The Morgan fingerprint density at radius 2 is 2.10 bits per heavy atom.